The van der Waals surface area contributed by atoms with Crippen molar-refractivity contribution in [2.24, 2.45) is 5.92 Å². The fraction of sp³-hybridized carbons (Fsp3) is 0.923. The van der Waals surface area contributed by atoms with Crippen molar-refractivity contribution in [3.05, 3.63) is 0 Å². The highest BCUT2D eigenvalue weighted by Gasteiger charge is 2.52. The maximum Gasteiger partial charge on any atom is 0.221 e. The quantitative estimate of drug-likeness (QED) is 0.571. The number of nitrogens with zero attached hydrogens (tertiary/aromatic N) is 1. The molecule has 0 aromatic carbocycles. The zero-order valence-electron chi connectivity index (χ0n) is 12.3. The normalized spacial score (nSPS) is 22.0. The van der Waals surface area contributed by atoms with E-state index in [1.807, 2.05) is 0 Å². The highest BCUT2D eigenvalue weighted by atomic mass is 28.3. The number of carbonyl (C=O) groups excluding carboxylic acids is 1. The lowest BCUT2D eigenvalue weighted by atomic mass is 10.2. The molecule has 1 aliphatic heterocycles. The molecule has 1 heterocycles. The summed E-state index contributed by atoms with van der Waals surface area (Å²) >= 11 is 0. The van der Waals surface area contributed by atoms with Gasteiger partial charge < -0.3 is 9.30 Å². The van der Waals surface area contributed by atoms with Crippen LogP contribution in [-0.2, 0) is 9.53 Å². The Hall–Kier alpha value is -0.353. The summed E-state index contributed by atoms with van der Waals surface area (Å²) in [6.45, 7) is 16.2. The Kier molecular flexibility index (Phi) is 4.09. The molecular weight excluding hydrogens is 230 g/mol. The summed E-state index contributed by atoms with van der Waals surface area (Å²) in [5, 5.41) is 0.183. The van der Waals surface area contributed by atoms with E-state index < -0.39 is 8.24 Å². The Labute approximate surface area is 107 Å². The third-order valence-electron chi connectivity index (χ3n) is 3.97. The molecule has 0 bridgehead atoms. The van der Waals surface area contributed by atoms with Crippen LogP contribution in [0.1, 0.15) is 41.0 Å². The molecule has 1 amide bonds. The topological polar surface area (TPSA) is 29.5 Å². The first-order valence-electron chi connectivity index (χ1n) is 6.51. The lowest BCUT2D eigenvalue weighted by Gasteiger charge is -2.54. The van der Waals surface area contributed by atoms with Gasteiger partial charge in [-0.2, -0.15) is 0 Å². The summed E-state index contributed by atoms with van der Waals surface area (Å²) < 4.78 is 7.89. The minimum Gasteiger partial charge on any atom is -0.358 e. The predicted molar refractivity (Wildman–Crippen MR) is 73.2 cm³/mol. The van der Waals surface area contributed by atoms with Crippen molar-refractivity contribution in [3.63, 3.8) is 0 Å². The van der Waals surface area contributed by atoms with Crippen molar-refractivity contribution in [2.45, 2.75) is 65.4 Å². The van der Waals surface area contributed by atoms with E-state index in [2.05, 4.69) is 52.3 Å². The predicted octanol–water partition coefficient (Wildman–Crippen LogP) is 3.22. The van der Waals surface area contributed by atoms with Gasteiger partial charge in [0.05, 0.1) is 13.0 Å². The van der Waals surface area contributed by atoms with Gasteiger partial charge in [0.1, 0.15) is 6.23 Å². The largest absolute Gasteiger partial charge is 0.358 e. The number of hydrogen-bond donors (Lipinski definition) is 0. The maximum atomic E-state index is 11.9. The molecule has 1 fully saturated rings. The van der Waals surface area contributed by atoms with Crippen molar-refractivity contribution >= 4 is 14.1 Å². The number of amides is 1. The number of carbonyl (C=O) groups is 1. The highest BCUT2D eigenvalue weighted by molar-refractivity contribution is 6.79. The summed E-state index contributed by atoms with van der Waals surface area (Å²) in [6, 6.07) is 0. The third kappa shape index (κ3) is 2.91. The molecule has 1 unspecified atom stereocenters. The van der Waals surface area contributed by atoms with Crippen molar-refractivity contribution in [1.82, 2.24) is 4.57 Å². The van der Waals surface area contributed by atoms with Crippen LogP contribution in [0.5, 0.6) is 0 Å². The van der Waals surface area contributed by atoms with Crippen LogP contribution in [0.4, 0.5) is 0 Å². The summed E-state index contributed by atoms with van der Waals surface area (Å²) in [7, 11) is -1.76. The van der Waals surface area contributed by atoms with Crippen LogP contribution >= 0.6 is 0 Å². The fourth-order valence-electron chi connectivity index (χ4n) is 1.86. The maximum absolute atomic E-state index is 11.9. The zero-order valence-corrected chi connectivity index (χ0v) is 13.3. The molecule has 1 aliphatic rings. The van der Waals surface area contributed by atoms with Gasteiger partial charge in [-0.05, 0) is 11.0 Å². The summed E-state index contributed by atoms with van der Waals surface area (Å²) in [6.07, 6.45) is 0.602. The minimum atomic E-state index is -1.76. The van der Waals surface area contributed by atoms with Crippen LogP contribution in [-0.4, -0.2) is 31.5 Å². The minimum absolute atomic E-state index is 0.0331. The number of ether oxygens (including phenoxy) is 1. The van der Waals surface area contributed by atoms with Gasteiger partial charge in [0.15, 0.2) is 8.24 Å². The Bertz CT molecular complexity index is 294. The molecule has 4 heteroatoms. The molecular formula is C13H27NO2Si. The number of β-lactam (4-membered cyclic amide) rings is 1. The van der Waals surface area contributed by atoms with E-state index in [9.17, 15) is 4.79 Å². The zero-order chi connectivity index (χ0) is 13.4. The van der Waals surface area contributed by atoms with E-state index in [-0.39, 0.29) is 17.2 Å². The first-order valence-corrected chi connectivity index (χ1v) is 9.46. The molecule has 0 aromatic heterocycles. The first-order chi connectivity index (χ1) is 7.57. The van der Waals surface area contributed by atoms with E-state index >= 15 is 0 Å². The Morgan fingerprint density at radius 1 is 1.41 bits per heavy atom. The van der Waals surface area contributed by atoms with Gasteiger partial charge in [-0.3, -0.25) is 4.79 Å². The molecule has 0 radical (unpaired) electrons. The molecule has 3 nitrogen and oxygen atoms in total. The van der Waals surface area contributed by atoms with Crippen LogP contribution in [0.2, 0.25) is 18.1 Å². The third-order valence-corrected chi connectivity index (χ3v) is 9.38. The molecule has 1 rings (SSSR count). The van der Waals surface area contributed by atoms with Crippen LogP contribution in [0.3, 0.4) is 0 Å². The molecule has 17 heavy (non-hydrogen) atoms. The molecule has 0 aliphatic carbocycles. The van der Waals surface area contributed by atoms with Crippen LogP contribution < -0.4 is 0 Å². The Morgan fingerprint density at radius 3 is 2.29 bits per heavy atom. The van der Waals surface area contributed by atoms with Crippen molar-refractivity contribution in [3.8, 4) is 0 Å². The fourth-order valence-corrected chi connectivity index (χ4v) is 4.18. The van der Waals surface area contributed by atoms with E-state index in [4.69, 9.17) is 4.74 Å². The molecule has 100 valence electrons. The van der Waals surface area contributed by atoms with E-state index in [0.717, 1.165) is 6.61 Å². The van der Waals surface area contributed by atoms with Gasteiger partial charge in [-0.25, -0.2) is 0 Å². The molecule has 1 saturated heterocycles. The number of hydrogen-bond acceptors (Lipinski definition) is 2. The molecule has 1 atom stereocenters. The van der Waals surface area contributed by atoms with Gasteiger partial charge in [-0.15, -0.1) is 0 Å². The monoisotopic (exact) mass is 257 g/mol. The second-order valence-corrected chi connectivity index (χ2v) is 12.1. The van der Waals surface area contributed by atoms with Crippen molar-refractivity contribution in [1.29, 1.82) is 0 Å². The average Bonchev–Trinajstić information content (AvgIpc) is 2.08. The lowest BCUT2D eigenvalue weighted by Crippen LogP contribution is -2.68. The van der Waals surface area contributed by atoms with Gasteiger partial charge in [0.25, 0.3) is 0 Å². The summed E-state index contributed by atoms with van der Waals surface area (Å²) in [5.74, 6) is 0.789. The highest BCUT2D eigenvalue weighted by Crippen LogP contribution is 2.43. The van der Waals surface area contributed by atoms with Crippen LogP contribution in [0.15, 0.2) is 0 Å². The summed E-state index contributed by atoms with van der Waals surface area (Å²) in [4.78, 5) is 11.9. The van der Waals surface area contributed by atoms with Crippen LogP contribution in [0.25, 0.3) is 0 Å². The van der Waals surface area contributed by atoms with Gasteiger partial charge in [-0.1, -0.05) is 47.7 Å². The second-order valence-electron chi connectivity index (χ2n) is 6.96. The SMILES string of the molecule is CC(C)COC1CC(=O)N1[Si](C)(C)C(C)(C)C. The standard InChI is InChI=1S/C13H27NO2Si/c1-10(2)9-16-12-8-11(15)14(12)17(6,7)13(3,4)5/h10,12H,8-9H2,1-7H3. The van der Waals surface area contributed by atoms with E-state index in [0.29, 0.717) is 12.3 Å². The van der Waals surface area contributed by atoms with Crippen LogP contribution in [0, 0.1) is 5.92 Å². The van der Waals surface area contributed by atoms with Crippen molar-refractivity contribution in [2.75, 3.05) is 6.61 Å². The molecule has 0 aromatic rings. The van der Waals surface area contributed by atoms with E-state index in [1.165, 1.54) is 0 Å². The Morgan fingerprint density at radius 2 is 1.94 bits per heavy atom. The molecule has 0 N–H and O–H groups in total. The van der Waals surface area contributed by atoms with Gasteiger partial charge >= 0.3 is 0 Å². The molecule has 0 spiro atoms. The van der Waals surface area contributed by atoms with Gasteiger partial charge in [0.2, 0.25) is 5.91 Å². The first kappa shape index (κ1) is 14.7. The average molecular weight is 257 g/mol. The van der Waals surface area contributed by atoms with Gasteiger partial charge in [0, 0.05) is 0 Å². The molecule has 0 saturated carbocycles. The lowest BCUT2D eigenvalue weighted by molar-refractivity contribution is -0.162. The van der Waals surface area contributed by atoms with E-state index in [1.54, 1.807) is 0 Å². The van der Waals surface area contributed by atoms with Crippen molar-refractivity contribution < 1.29 is 9.53 Å². The Balaban J connectivity index is 2.71. The number of rotatable bonds is 4. The summed E-state index contributed by atoms with van der Waals surface area (Å²) in [5.41, 5.74) is 0. The second kappa shape index (κ2) is 4.73. The smallest absolute Gasteiger partial charge is 0.221 e.